The zero-order valence-corrected chi connectivity index (χ0v) is 19.7. The molecule has 0 aliphatic carbocycles. The topological polar surface area (TPSA) is 79.9 Å². The van der Waals surface area contributed by atoms with Crippen molar-refractivity contribution in [3.05, 3.63) is 114 Å². The fourth-order valence-corrected chi connectivity index (χ4v) is 4.14. The van der Waals surface area contributed by atoms with Crippen LogP contribution in [0, 0.1) is 0 Å². The number of ether oxygens (including phenoxy) is 2. The van der Waals surface area contributed by atoms with Crippen LogP contribution >= 0.6 is 0 Å². The van der Waals surface area contributed by atoms with Gasteiger partial charge in [0.25, 0.3) is 11.8 Å². The lowest BCUT2D eigenvalue weighted by molar-refractivity contribution is -0.118. The van der Waals surface area contributed by atoms with Gasteiger partial charge in [-0.15, -0.1) is 0 Å². The Bertz CT molecular complexity index is 1370. The van der Waals surface area contributed by atoms with Crippen LogP contribution in [-0.2, 0) is 4.79 Å². The number of carbonyl (C=O) groups excluding carboxylic acids is 2. The molecular formula is C29H25N3O4. The van der Waals surface area contributed by atoms with Crippen molar-refractivity contribution in [2.45, 2.75) is 6.17 Å². The summed E-state index contributed by atoms with van der Waals surface area (Å²) in [5, 5.41) is 6.29. The molecule has 36 heavy (non-hydrogen) atoms. The molecule has 1 aliphatic rings. The number of para-hydroxylation sites is 2. The first-order valence-electron chi connectivity index (χ1n) is 11.5. The lowest BCUT2D eigenvalue weighted by atomic mass is 10.0. The van der Waals surface area contributed by atoms with Crippen LogP contribution in [0.5, 0.6) is 11.5 Å². The number of amides is 2. The summed E-state index contributed by atoms with van der Waals surface area (Å²) in [5.74, 6) is 0.857. The number of nitrogens with one attached hydrogen (secondary N) is 2. The van der Waals surface area contributed by atoms with Gasteiger partial charge in [-0.05, 0) is 66.2 Å². The highest BCUT2D eigenvalue weighted by molar-refractivity contribution is 6.12. The Morgan fingerprint density at radius 1 is 0.889 bits per heavy atom. The SMILES string of the molecule is COc1ccc(N2C(=O)c3ccccc3N[C@@H]2c2cccc(OCC(=O)Nc3ccccc3)c2)cc1. The summed E-state index contributed by atoms with van der Waals surface area (Å²) in [6, 6.07) is 31.4. The van der Waals surface area contributed by atoms with Crippen molar-refractivity contribution in [3.63, 3.8) is 0 Å². The molecule has 0 aromatic heterocycles. The van der Waals surface area contributed by atoms with Crippen molar-refractivity contribution in [3.8, 4) is 11.5 Å². The van der Waals surface area contributed by atoms with E-state index in [-0.39, 0.29) is 18.4 Å². The first-order chi connectivity index (χ1) is 17.6. The van der Waals surface area contributed by atoms with Crippen molar-refractivity contribution < 1.29 is 19.1 Å². The molecule has 180 valence electrons. The maximum atomic E-state index is 13.6. The number of rotatable bonds is 7. The molecule has 0 saturated heterocycles. The molecule has 0 radical (unpaired) electrons. The first kappa shape index (κ1) is 23.0. The van der Waals surface area contributed by atoms with Crippen LogP contribution in [-0.4, -0.2) is 25.5 Å². The highest BCUT2D eigenvalue weighted by Crippen LogP contribution is 2.37. The fraction of sp³-hybridized carbons (Fsp3) is 0.103. The molecular weight excluding hydrogens is 454 g/mol. The van der Waals surface area contributed by atoms with E-state index in [9.17, 15) is 9.59 Å². The molecule has 0 bridgehead atoms. The quantitative estimate of drug-likeness (QED) is 0.367. The van der Waals surface area contributed by atoms with Crippen LogP contribution in [0.4, 0.5) is 17.1 Å². The molecule has 7 heteroatoms. The molecule has 7 nitrogen and oxygen atoms in total. The highest BCUT2D eigenvalue weighted by Gasteiger charge is 2.34. The van der Waals surface area contributed by atoms with E-state index in [0.29, 0.717) is 22.7 Å². The first-order valence-corrected chi connectivity index (χ1v) is 11.5. The van der Waals surface area contributed by atoms with Gasteiger partial charge in [0.05, 0.1) is 12.7 Å². The molecule has 0 saturated carbocycles. The molecule has 5 rings (SSSR count). The molecule has 4 aromatic carbocycles. The smallest absolute Gasteiger partial charge is 0.262 e. The van der Waals surface area contributed by atoms with E-state index in [1.54, 1.807) is 18.1 Å². The number of carbonyl (C=O) groups is 2. The van der Waals surface area contributed by atoms with Crippen molar-refractivity contribution in [1.29, 1.82) is 0 Å². The van der Waals surface area contributed by atoms with Crippen molar-refractivity contribution >= 4 is 28.9 Å². The predicted molar refractivity (Wildman–Crippen MR) is 140 cm³/mol. The summed E-state index contributed by atoms with van der Waals surface area (Å²) in [7, 11) is 1.60. The Labute approximate surface area is 209 Å². The van der Waals surface area contributed by atoms with Gasteiger partial charge in [0.2, 0.25) is 0 Å². The maximum Gasteiger partial charge on any atom is 0.262 e. The van der Waals surface area contributed by atoms with Gasteiger partial charge in [-0.2, -0.15) is 0 Å². The Balaban J connectivity index is 1.40. The van der Waals surface area contributed by atoms with Crippen LogP contribution in [0.25, 0.3) is 0 Å². The minimum atomic E-state index is -0.484. The van der Waals surface area contributed by atoms with Crippen LogP contribution < -0.4 is 25.0 Å². The van der Waals surface area contributed by atoms with Crippen molar-refractivity contribution in [2.75, 3.05) is 29.3 Å². The van der Waals surface area contributed by atoms with Crippen LogP contribution in [0.1, 0.15) is 22.1 Å². The van der Waals surface area contributed by atoms with Gasteiger partial charge in [0.15, 0.2) is 6.61 Å². The summed E-state index contributed by atoms with van der Waals surface area (Å²) in [4.78, 5) is 27.6. The molecule has 2 N–H and O–H groups in total. The molecule has 0 fully saturated rings. The van der Waals surface area contributed by atoms with E-state index in [2.05, 4.69) is 10.6 Å². The standard InChI is InChI=1S/C29H25N3O4/c1-35-23-16-14-22(15-17-23)32-28(31-26-13-6-5-12-25(26)29(32)34)20-8-7-11-24(18-20)36-19-27(33)30-21-9-3-2-4-10-21/h2-18,28,31H,19H2,1H3,(H,30,33)/t28-/m0/s1. The van der Waals surface area contributed by atoms with E-state index >= 15 is 0 Å². The normalized spacial score (nSPS) is 14.4. The minimum absolute atomic E-state index is 0.118. The Morgan fingerprint density at radius 3 is 2.42 bits per heavy atom. The lowest BCUT2D eigenvalue weighted by Crippen LogP contribution is -2.43. The highest BCUT2D eigenvalue weighted by atomic mass is 16.5. The van der Waals surface area contributed by atoms with Gasteiger partial charge < -0.3 is 20.1 Å². The van der Waals surface area contributed by atoms with Gasteiger partial charge in [0.1, 0.15) is 17.7 Å². The van der Waals surface area contributed by atoms with Gasteiger partial charge in [0, 0.05) is 17.1 Å². The summed E-state index contributed by atoms with van der Waals surface area (Å²) in [6.45, 7) is -0.138. The summed E-state index contributed by atoms with van der Waals surface area (Å²) in [6.07, 6.45) is -0.484. The molecule has 1 aliphatic heterocycles. The molecule has 4 aromatic rings. The fourth-order valence-electron chi connectivity index (χ4n) is 4.14. The Morgan fingerprint density at radius 2 is 1.64 bits per heavy atom. The van der Waals surface area contributed by atoms with E-state index in [0.717, 1.165) is 16.9 Å². The maximum absolute atomic E-state index is 13.6. The number of nitrogens with zero attached hydrogens (tertiary/aromatic N) is 1. The third kappa shape index (κ3) is 4.86. The van der Waals surface area contributed by atoms with Gasteiger partial charge in [-0.1, -0.05) is 42.5 Å². The zero-order chi connectivity index (χ0) is 24.9. The minimum Gasteiger partial charge on any atom is -0.497 e. The second-order valence-corrected chi connectivity index (χ2v) is 8.24. The summed E-state index contributed by atoms with van der Waals surface area (Å²) >= 11 is 0. The number of hydrogen-bond acceptors (Lipinski definition) is 5. The second-order valence-electron chi connectivity index (χ2n) is 8.24. The van der Waals surface area contributed by atoms with E-state index < -0.39 is 6.17 Å². The third-order valence-electron chi connectivity index (χ3n) is 5.88. The summed E-state index contributed by atoms with van der Waals surface area (Å²) in [5.41, 5.74) is 3.59. The molecule has 1 atom stereocenters. The largest absolute Gasteiger partial charge is 0.497 e. The monoisotopic (exact) mass is 479 g/mol. The summed E-state index contributed by atoms with van der Waals surface area (Å²) < 4.78 is 11.1. The van der Waals surface area contributed by atoms with Crippen LogP contribution in [0.2, 0.25) is 0 Å². The van der Waals surface area contributed by atoms with E-state index in [4.69, 9.17) is 9.47 Å². The predicted octanol–water partition coefficient (Wildman–Crippen LogP) is 5.48. The Kier molecular flexibility index (Phi) is 6.53. The molecule has 0 spiro atoms. The third-order valence-corrected chi connectivity index (χ3v) is 5.88. The number of fused-ring (bicyclic) bond motifs is 1. The average Bonchev–Trinajstić information content (AvgIpc) is 2.93. The van der Waals surface area contributed by atoms with Gasteiger partial charge >= 0.3 is 0 Å². The van der Waals surface area contributed by atoms with Crippen molar-refractivity contribution in [1.82, 2.24) is 0 Å². The van der Waals surface area contributed by atoms with Gasteiger partial charge in [-0.25, -0.2) is 0 Å². The second kappa shape index (κ2) is 10.2. The van der Waals surface area contributed by atoms with Crippen LogP contribution in [0.15, 0.2) is 103 Å². The number of benzene rings is 4. The number of methoxy groups -OCH3 is 1. The molecule has 2 amide bonds. The lowest BCUT2D eigenvalue weighted by Gasteiger charge is -2.38. The average molecular weight is 480 g/mol. The van der Waals surface area contributed by atoms with Crippen LogP contribution in [0.3, 0.4) is 0 Å². The van der Waals surface area contributed by atoms with Gasteiger partial charge in [-0.3, -0.25) is 14.5 Å². The zero-order valence-electron chi connectivity index (χ0n) is 19.7. The number of hydrogen-bond donors (Lipinski definition) is 2. The van der Waals surface area contributed by atoms with Crippen molar-refractivity contribution in [2.24, 2.45) is 0 Å². The molecule has 1 heterocycles. The van der Waals surface area contributed by atoms with E-state index in [1.165, 1.54) is 0 Å². The molecule has 0 unspecified atom stereocenters. The Hall–Kier alpha value is -4.78. The van der Waals surface area contributed by atoms with E-state index in [1.807, 2.05) is 97.1 Å². The number of anilines is 3.